The number of carbonyl (C=O) groups is 1. The van der Waals surface area contributed by atoms with E-state index in [1.165, 1.54) is 50.1 Å². The number of carbonyl (C=O) groups excluding carboxylic acids is 1. The van der Waals surface area contributed by atoms with E-state index >= 15 is 0 Å². The molecule has 7 heteroatoms. The predicted molar refractivity (Wildman–Crippen MR) is 106 cm³/mol. The van der Waals surface area contributed by atoms with Gasteiger partial charge in [-0.25, -0.2) is 0 Å². The smallest absolute Gasteiger partial charge is 0.270 e. The first-order valence-corrected chi connectivity index (χ1v) is 9.47. The molecule has 1 fully saturated rings. The Labute approximate surface area is 164 Å². The van der Waals surface area contributed by atoms with Gasteiger partial charge in [0.05, 0.1) is 17.6 Å². The number of nitro benzene ring substituents is 1. The number of nitrogens with zero attached hydrogens (tertiary/aromatic N) is 2. The van der Waals surface area contributed by atoms with Gasteiger partial charge in [-0.3, -0.25) is 19.8 Å². The van der Waals surface area contributed by atoms with Crippen molar-refractivity contribution in [2.24, 2.45) is 0 Å². The molecule has 0 atom stereocenters. The third-order valence-electron chi connectivity index (χ3n) is 4.97. The average Bonchev–Trinajstić information content (AvgIpc) is 2.73. The van der Waals surface area contributed by atoms with Crippen LogP contribution in [0.5, 0.6) is 5.75 Å². The highest BCUT2D eigenvalue weighted by Crippen LogP contribution is 2.24. The van der Waals surface area contributed by atoms with Crippen molar-refractivity contribution in [1.82, 2.24) is 10.2 Å². The number of piperidine rings is 1. The minimum absolute atomic E-state index is 0.145. The number of benzene rings is 2. The molecule has 2 aromatic carbocycles. The van der Waals surface area contributed by atoms with E-state index in [2.05, 4.69) is 22.3 Å². The molecule has 0 aromatic heterocycles. The van der Waals surface area contributed by atoms with E-state index in [1.807, 2.05) is 12.1 Å². The van der Waals surface area contributed by atoms with E-state index in [0.29, 0.717) is 12.3 Å². The van der Waals surface area contributed by atoms with Crippen molar-refractivity contribution in [1.29, 1.82) is 0 Å². The van der Waals surface area contributed by atoms with Crippen molar-refractivity contribution < 1.29 is 14.5 Å². The average molecular weight is 383 g/mol. The summed E-state index contributed by atoms with van der Waals surface area (Å²) >= 11 is 0. The number of nitro groups is 1. The molecule has 2 aromatic rings. The van der Waals surface area contributed by atoms with Crippen LogP contribution in [0.25, 0.3) is 0 Å². The monoisotopic (exact) mass is 383 g/mol. The summed E-state index contributed by atoms with van der Waals surface area (Å²) in [6, 6.07) is 12.2. The van der Waals surface area contributed by atoms with Gasteiger partial charge in [0.2, 0.25) is 0 Å². The highest BCUT2D eigenvalue weighted by Gasteiger charge is 2.17. The zero-order valence-corrected chi connectivity index (χ0v) is 16.0. The molecule has 0 saturated carbocycles. The molecule has 148 valence electrons. The van der Waals surface area contributed by atoms with Crippen LogP contribution in [-0.4, -0.2) is 35.9 Å². The summed E-state index contributed by atoms with van der Waals surface area (Å²) < 4.78 is 5.15. The van der Waals surface area contributed by atoms with E-state index < -0.39 is 10.8 Å². The number of ether oxygens (including phenoxy) is 1. The molecule has 0 unspecified atom stereocenters. The molecule has 0 aliphatic carbocycles. The molecular formula is C21H25N3O4. The number of non-ortho nitro benzene ring substituents is 1. The van der Waals surface area contributed by atoms with Crippen LogP contribution < -0.4 is 10.1 Å². The van der Waals surface area contributed by atoms with Crippen molar-refractivity contribution in [2.75, 3.05) is 20.2 Å². The van der Waals surface area contributed by atoms with Crippen LogP contribution in [0.4, 0.5) is 5.69 Å². The molecule has 28 heavy (non-hydrogen) atoms. The summed E-state index contributed by atoms with van der Waals surface area (Å²) in [6.07, 6.45) is 3.86. The zero-order valence-electron chi connectivity index (χ0n) is 16.0. The molecule has 1 aliphatic rings. The maximum atomic E-state index is 12.5. The normalized spacial score (nSPS) is 14.5. The fourth-order valence-electron chi connectivity index (χ4n) is 3.40. The lowest BCUT2D eigenvalue weighted by molar-refractivity contribution is -0.384. The van der Waals surface area contributed by atoms with Crippen molar-refractivity contribution in [3.63, 3.8) is 0 Å². The number of likely N-dealkylation sites (tertiary alicyclic amines) is 1. The topological polar surface area (TPSA) is 84.7 Å². The number of hydrogen-bond acceptors (Lipinski definition) is 5. The van der Waals surface area contributed by atoms with Gasteiger partial charge in [-0.15, -0.1) is 0 Å². The van der Waals surface area contributed by atoms with E-state index in [-0.39, 0.29) is 11.3 Å². The number of nitrogens with one attached hydrogen (secondary N) is 1. The van der Waals surface area contributed by atoms with Crippen LogP contribution in [-0.2, 0) is 13.1 Å². The van der Waals surface area contributed by atoms with E-state index in [1.54, 1.807) is 0 Å². The second kappa shape index (κ2) is 9.32. The molecule has 1 amide bonds. The second-order valence-electron chi connectivity index (χ2n) is 6.98. The Hall–Kier alpha value is -2.93. The van der Waals surface area contributed by atoms with Gasteiger partial charge in [0.1, 0.15) is 5.75 Å². The summed E-state index contributed by atoms with van der Waals surface area (Å²) in [6.45, 7) is 3.61. The van der Waals surface area contributed by atoms with Gasteiger partial charge < -0.3 is 10.1 Å². The molecule has 3 rings (SSSR count). The number of hydrogen-bond donors (Lipinski definition) is 1. The van der Waals surface area contributed by atoms with Gasteiger partial charge in [-0.1, -0.05) is 30.7 Å². The lowest BCUT2D eigenvalue weighted by Gasteiger charge is -2.26. The molecular weight excluding hydrogens is 358 g/mol. The molecule has 0 spiro atoms. The van der Waals surface area contributed by atoms with Gasteiger partial charge in [0.15, 0.2) is 0 Å². The minimum Gasteiger partial charge on any atom is -0.496 e. The van der Waals surface area contributed by atoms with Crippen molar-refractivity contribution >= 4 is 11.6 Å². The fourth-order valence-corrected chi connectivity index (χ4v) is 3.40. The van der Waals surface area contributed by atoms with Crippen LogP contribution in [0.2, 0.25) is 0 Å². The first-order valence-electron chi connectivity index (χ1n) is 9.47. The van der Waals surface area contributed by atoms with Crippen molar-refractivity contribution in [3.05, 3.63) is 69.3 Å². The van der Waals surface area contributed by atoms with E-state index in [9.17, 15) is 14.9 Å². The van der Waals surface area contributed by atoms with Crippen LogP contribution in [0.15, 0.2) is 42.5 Å². The van der Waals surface area contributed by atoms with Gasteiger partial charge in [0.25, 0.3) is 11.6 Å². The quantitative estimate of drug-likeness (QED) is 0.584. The third kappa shape index (κ3) is 5.07. The van der Waals surface area contributed by atoms with Gasteiger partial charge in [0, 0.05) is 25.2 Å². The van der Waals surface area contributed by atoms with E-state index in [4.69, 9.17) is 4.74 Å². The maximum Gasteiger partial charge on any atom is 0.270 e. The van der Waals surface area contributed by atoms with Gasteiger partial charge in [-0.2, -0.15) is 0 Å². The Morgan fingerprint density at radius 2 is 1.79 bits per heavy atom. The fraction of sp³-hybridized carbons (Fsp3) is 0.381. The Morgan fingerprint density at radius 3 is 2.43 bits per heavy atom. The third-order valence-corrected chi connectivity index (χ3v) is 4.97. The summed E-state index contributed by atoms with van der Waals surface area (Å²) in [4.78, 5) is 25.4. The summed E-state index contributed by atoms with van der Waals surface area (Å²) in [5.74, 6) is -0.0991. The number of methoxy groups -OCH3 is 1. The Morgan fingerprint density at radius 1 is 1.11 bits per heavy atom. The maximum absolute atomic E-state index is 12.5. The van der Waals surface area contributed by atoms with Crippen molar-refractivity contribution in [2.45, 2.75) is 32.4 Å². The van der Waals surface area contributed by atoms with Crippen LogP contribution >= 0.6 is 0 Å². The zero-order chi connectivity index (χ0) is 19.9. The van der Waals surface area contributed by atoms with Crippen LogP contribution in [0, 0.1) is 10.1 Å². The Bertz CT molecular complexity index is 830. The first-order chi connectivity index (χ1) is 13.6. The molecule has 0 radical (unpaired) electrons. The Balaban J connectivity index is 1.60. The Kier molecular flexibility index (Phi) is 6.60. The minimum atomic E-state index is -0.530. The summed E-state index contributed by atoms with van der Waals surface area (Å²) in [7, 11) is 1.43. The molecule has 1 aliphatic heterocycles. The SMILES string of the molecule is COc1ccc([N+](=O)[O-])cc1C(=O)NCc1ccc(CN2CCCCC2)cc1. The molecule has 1 saturated heterocycles. The second-order valence-corrected chi connectivity index (χ2v) is 6.98. The lowest BCUT2D eigenvalue weighted by Crippen LogP contribution is -2.29. The predicted octanol–water partition coefficient (Wildman–Crippen LogP) is 3.52. The summed E-state index contributed by atoms with van der Waals surface area (Å²) in [5.41, 5.74) is 2.24. The molecule has 7 nitrogen and oxygen atoms in total. The van der Waals surface area contributed by atoms with Crippen LogP contribution in [0.3, 0.4) is 0 Å². The molecule has 1 N–H and O–H groups in total. The summed E-state index contributed by atoms with van der Waals surface area (Å²) in [5, 5.41) is 13.8. The van der Waals surface area contributed by atoms with Crippen LogP contribution in [0.1, 0.15) is 40.7 Å². The standard InChI is InChI=1S/C21H25N3O4/c1-28-20-10-9-18(24(26)27)13-19(20)21(25)22-14-16-5-7-17(8-6-16)15-23-11-3-2-4-12-23/h5-10,13H,2-4,11-12,14-15H2,1H3,(H,22,25). The highest BCUT2D eigenvalue weighted by molar-refractivity contribution is 5.97. The van der Waals surface area contributed by atoms with Crippen molar-refractivity contribution in [3.8, 4) is 5.75 Å². The largest absolute Gasteiger partial charge is 0.496 e. The van der Waals surface area contributed by atoms with Gasteiger partial charge in [-0.05, 0) is 43.1 Å². The molecule has 0 bridgehead atoms. The first kappa shape index (κ1) is 19.8. The number of amides is 1. The number of rotatable bonds is 7. The molecule has 1 heterocycles. The van der Waals surface area contributed by atoms with Gasteiger partial charge >= 0.3 is 0 Å². The van der Waals surface area contributed by atoms with E-state index in [0.717, 1.165) is 25.2 Å². The highest BCUT2D eigenvalue weighted by atomic mass is 16.6. The lowest BCUT2D eigenvalue weighted by atomic mass is 10.1.